The topological polar surface area (TPSA) is 47.7 Å². The van der Waals surface area contributed by atoms with E-state index < -0.39 is 0 Å². The number of hydrogen-bond acceptors (Lipinski definition) is 5. The van der Waals surface area contributed by atoms with Gasteiger partial charge in [-0.1, -0.05) is 0 Å². The van der Waals surface area contributed by atoms with Crippen LogP contribution in [0.15, 0.2) is 47.3 Å². The number of piperidine rings is 1. The Morgan fingerprint density at radius 1 is 1.28 bits per heavy atom. The molecule has 2 saturated heterocycles. The van der Waals surface area contributed by atoms with Gasteiger partial charge in [-0.25, -0.2) is 0 Å². The molecular weight excluding hydrogens is 316 g/mol. The molecule has 0 radical (unpaired) electrons. The molecule has 134 valence electrons. The highest BCUT2D eigenvalue weighted by molar-refractivity contribution is 5.08. The predicted octanol–water partition coefficient (Wildman–Crippen LogP) is 3.26. The van der Waals surface area contributed by atoms with Crippen molar-refractivity contribution >= 4 is 0 Å². The molecule has 4 rings (SSSR count). The number of nitrogens with zero attached hydrogens (tertiary/aromatic N) is 2. The molecule has 2 aliphatic rings. The summed E-state index contributed by atoms with van der Waals surface area (Å²) in [6.45, 7) is 5.19. The zero-order valence-corrected chi connectivity index (χ0v) is 14.6. The zero-order chi connectivity index (χ0) is 17.0. The van der Waals surface area contributed by atoms with E-state index in [1.54, 1.807) is 6.26 Å². The van der Waals surface area contributed by atoms with E-state index in [2.05, 4.69) is 16.0 Å². The number of fused-ring (bicyclic) bond motifs is 1. The van der Waals surface area contributed by atoms with Crippen molar-refractivity contribution in [2.45, 2.75) is 38.5 Å². The molecule has 5 heteroatoms. The Hall–Kier alpha value is -1.69. The first-order valence-electron chi connectivity index (χ1n) is 9.17. The fraction of sp³-hybridized carbons (Fsp3) is 0.550. The van der Waals surface area contributed by atoms with Gasteiger partial charge in [-0.15, -0.1) is 0 Å². The summed E-state index contributed by atoms with van der Waals surface area (Å²) >= 11 is 0. The number of hydrogen-bond donors (Lipinski definition) is 0. The molecular formula is C20H26N2O3. The Morgan fingerprint density at radius 3 is 3.04 bits per heavy atom. The van der Waals surface area contributed by atoms with Crippen LogP contribution < -0.4 is 0 Å². The summed E-state index contributed by atoms with van der Waals surface area (Å²) in [5.41, 5.74) is 1.26. The molecule has 2 atom stereocenters. The maximum Gasteiger partial charge on any atom is 0.117 e. The average molecular weight is 342 g/mol. The smallest absolute Gasteiger partial charge is 0.117 e. The lowest BCUT2D eigenvalue weighted by Crippen LogP contribution is -2.56. The minimum absolute atomic E-state index is 0.0934. The van der Waals surface area contributed by atoms with Crippen LogP contribution in [0.2, 0.25) is 0 Å². The molecule has 0 bridgehead atoms. The molecule has 2 aliphatic heterocycles. The zero-order valence-electron chi connectivity index (χ0n) is 14.6. The van der Waals surface area contributed by atoms with Crippen molar-refractivity contribution in [1.29, 1.82) is 0 Å². The largest absolute Gasteiger partial charge is 0.468 e. The van der Waals surface area contributed by atoms with Gasteiger partial charge in [0.2, 0.25) is 0 Å². The lowest BCUT2D eigenvalue weighted by atomic mass is 9.73. The van der Waals surface area contributed by atoms with Crippen molar-refractivity contribution in [3.8, 4) is 0 Å². The van der Waals surface area contributed by atoms with E-state index in [1.165, 1.54) is 12.0 Å². The van der Waals surface area contributed by atoms with Crippen molar-refractivity contribution in [2.24, 2.45) is 5.41 Å². The SMILES string of the molecule is c1coc(CN2CC[C@H]3OCCC[C@@]3(COCc3ccncc3)C2)c1. The van der Waals surface area contributed by atoms with Crippen molar-refractivity contribution < 1.29 is 13.9 Å². The number of pyridine rings is 1. The number of rotatable bonds is 6. The molecule has 25 heavy (non-hydrogen) atoms. The molecule has 2 aromatic rings. The lowest BCUT2D eigenvalue weighted by Gasteiger charge is -2.50. The quantitative estimate of drug-likeness (QED) is 0.806. The van der Waals surface area contributed by atoms with Crippen LogP contribution in [0.25, 0.3) is 0 Å². The normalized spacial score (nSPS) is 27.1. The monoisotopic (exact) mass is 342 g/mol. The van der Waals surface area contributed by atoms with E-state index in [0.29, 0.717) is 12.7 Å². The van der Waals surface area contributed by atoms with Crippen molar-refractivity contribution in [1.82, 2.24) is 9.88 Å². The van der Waals surface area contributed by atoms with E-state index in [9.17, 15) is 0 Å². The van der Waals surface area contributed by atoms with Gasteiger partial charge in [0.05, 0.1) is 32.1 Å². The summed E-state index contributed by atoms with van der Waals surface area (Å²) < 4.78 is 17.8. The van der Waals surface area contributed by atoms with Crippen LogP contribution in [0, 0.1) is 5.41 Å². The van der Waals surface area contributed by atoms with Gasteiger partial charge >= 0.3 is 0 Å². The van der Waals surface area contributed by atoms with Crippen LogP contribution in [0.1, 0.15) is 30.6 Å². The summed E-state index contributed by atoms with van der Waals surface area (Å²) in [4.78, 5) is 6.55. The summed E-state index contributed by atoms with van der Waals surface area (Å²) in [6.07, 6.45) is 9.04. The van der Waals surface area contributed by atoms with Gasteiger partial charge in [-0.05, 0) is 49.1 Å². The first-order valence-corrected chi connectivity index (χ1v) is 9.17. The molecule has 0 aromatic carbocycles. The van der Waals surface area contributed by atoms with Gasteiger partial charge in [-0.3, -0.25) is 9.88 Å². The summed E-state index contributed by atoms with van der Waals surface area (Å²) in [5.74, 6) is 1.03. The summed E-state index contributed by atoms with van der Waals surface area (Å²) in [6, 6.07) is 8.03. The fourth-order valence-corrected chi connectivity index (χ4v) is 4.20. The lowest BCUT2D eigenvalue weighted by molar-refractivity contribution is -0.156. The Balaban J connectivity index is 1.40. The van der Waals surface area contributed by atoms with Crippen molar-refractivity contribution in [3.63, 3.8) is 0 Å². The van der Waals surface area contributed by atoms with Crippen LogP contribution in [0.4, 0.5) is 0 Å². The minimum atomic E-state index is 0.0934. The number of likely N-dealkylation sites (tertiary alicyclic amines) is 1. The second kappa shape index (κ2) is 7.68. The molecule has 4 heterocycles. The van der Waals surface area contributed by atoms with Gasteiger partial charge < -0.3 is 13.9 Å². The van der Waals surface area contributed by atoms with Crippen LogP contribution in [-0.2, 0) is 22.6 Å². The molecule has 0 N–H and O–H groups in total. The highest BCUT2D eigenvalue weighted by atomic mass is 16.5. The van der Waals surface area contributed by atoms with E-state index in [0.717, 1.165) is 51.4 Å². The van der Waals surface area contributed by atoms with E-state index in [1.807, 2.05) is 30.6 Å². The van der Waals surface area contributed by atoms with E-state index >= 15 is 0 Å². The van der Waals surface area contributed by atoms with Gasteiger partial charge in [0, 0.05) is 37.5 Å². The third-order valence-electron chi connectivity index (χ3n) is 5.43. The fourth-order valence-electron chi connectivity index (χ4n) is 4.20. The maximum absolute atomic E-state index is 6.15. The molecule has 2 aromatic heterocycles. The molecule has 0 amide bonds. The highest BCUT2D eigenvalue weighted by Crippen LogP contribution is 2.41. The van der Waals surface area contributed by atoms with Crippen LogP contribution in [-0.4, -0.2) is 42.3 Å². The van der Waals surface area contributed by atoms with Crippen molar-refractivity contribution in [3.05, 3.63) is 54.2 Å². The Morgan fingerprint density at radius 2 is 2.20 bits per heavy atom. The Labute approximate surface area is 148 Å². The molecule has 0 unspecified atom stereocenters. The number of ether oxygens (including phenoxy) is 2. The van der Waals surface area contributed by atoms with E-state index in [-0.39, 0.29) is 5.41 Å². The number of furan rings is 1. The molecule has 0 spiro atoms. The van der Waals surface area contributed by atoms with Gasteiger partial charge in [0.1, 0.15) is 5.76 Å². The van der Waals surface area contributed by atoms with Gasteiger partial charge in [0.25, 0.3) is 0 Å². The second-order valence-corrected chi connectivity index (χ2v) is 7.25. The summed E-state index contributed by atoms with van der Waals surface area (Å²) in [5, 5.41) is 0. The standard InChI is InChI=1S/C20H26N2O3/c1-3-18(24-11-1)13-22-10-6-19-20(15-22,7-2-12-25-19)16-23-14-17-4-8-21-9-5-17/h1,3-5,8-9,11,19H,2,6-7,10,12-16H2/t19-,20+/m1/s1. The molecule has 0 aliphatic carbocycles. The number of aromatic nitrogens is 1. The first kappa shape index (κ1) is 16.8. The van der Waals surface area contributed by atoms with E-state index in [4.69, 9.17) is 13.9 Å². The minimum Gasteiger partial charge on any atom is -0.468 e. The average Bonchev–Trinajstić information content (AvgIpc) is 3.15. The third kappa shape index (κ3) is 3.94. The van der Waals surface area contributed by atoms with Crippen LogP contribution >= 0.6 is 0 Å². The Kier molecular flexibility index (Phi) is 5.15. The molecule has 5 nitrogen and oxygen atoms in total. The molecule has 0 saturated carbocycles. The van der Waals surface area contributed by atoms with Crippen molar-refractivity contribution in [2.75, 3.05) is 26.3 Å². The third-order valence-corrected chi connectivity index (χ3v) is 5.43. The maximum atomic E-state index is 6.15. The second-order valence-electron chi connectivity index (χ2n) is 7.25. The van der Waals surface area contributed by atoms with Crippen LogP contribution in [0.5, 0.6) is 0 Å². The van der Waals surface area contributed by atoms with Gasteiger partial charge in [-0.2, -0.15) is 0 Å². The van der Waals surface area contributed by atoms with Crippen LogP contribution in [0.3, 0.4) is 0 Å². The summed E-state index contributed by atoms with van der Waals surface area (Å²) in [7, 11) is 0. The molecule has 2 fully saturated rings. The first-order chi connectivity index (χ1) is 12.3. The Bertz CT molecular complexity index is 646. The predicted molar refractivity (Wildman–Crippen MR) is 93.9 cm³/mol. The highest BCUT2D eigenvalue weighted by Gasteiger charge is 2.46. The van der Waals surface area contributed by atoms with Gasteiger partial charge in [0.15, 0.2) is 0 Å².